The van der Waals surface area contributed by atoms with E-state index in [1.807, 2.05) is 0 Å². The molecule has 0 rings (SSSR count). The zero-order valence-corrected chi connectivity index (χ0v) is 12.4. The molecule has 0 aromatic carbocycles. The summed E-state index contributed by atoms with van der Waals surface area (Å²) in [6.07, 6.45) is 10.9. The van der Waals surface area contributed by atoms with E-state index in [2.05, 4.69) is 24.5 Å². The fourth-order valence-electron chi connectivity index (χ4n) is 2.09. The van der Waals surface area contributed by atoms with Crippen molar-refractivity contribution in [3.05, 3.63) is 0 Å². The van der Waals surface area contributed by atoms with E-state index < -0.39 is 0 Å². The van der Waals surface area contributed by atoms with Gasteiger partial charge in [-0.25, -0.2) is 0 Å². The standard InChI is InChI=1S/C14H31NOS/c1-2-3-4-5-6-7-8-9-10-15(11-13-16)12-14-17/h16-17H,2-14H2,1H3. The Labute approximate surface area is 113 Å². The third-order valence-electron chi connectivity index (χ3n) is 3.16. The largest absolute Gasteiger partial charge is 0.395 e. The van der Waals surface area contributed by atoms with Crippen LogP contribution in [0.3, 0.4) is 0 Å². The van der Waals surface area contributed by atoms with Crippen molar-refractivity contribution >= 4 is 12.6 Å². The highest BCUT2D eigenvalue weighted by molar-refractivity contribution is 7.80. The molecule has 0 amide bonds. The van der Waals surface area contributed by atoms with Gasteiger partial charge in [-0.2, -0.15) is 12.6 Å². The molecule has 0 saturated carbocycles. The van der Waals surface area contributed by atoms with Crippen molar-refractivity contribution in [2.45, 2.75) is 58.3 Å². The molecule has 0 fully saturated rings. The van der Waals surface area contributed by atoms with Crippen LogP contribution in [-0.4, -0.2) is 42.0 Å². The van der Waals surface area contributed by atoms with Gasteiger partial charge < -0.3 is 10.0 Å². The average Bonchev–Trinajstić information content (AvgIpc) is 2.33. The maximum absolute atomic E-state index is 8.92. The van der Waals surface area contributed by atoms with E-state index in [9.17, 15) is 0 Å². The van der Waals surface area contributed by atoms with Gasteiger partial charge in [-0.05, 0) is 13.0 Å². The maximum atomic E-state index is 8.92. The van der Waals surface area contributed by atoms with Gasteiger partial charge in [-0.1, -0.05) is 51.9 Å². The van der Waals surface area contributed by atoms with Gasteiger partial charge in [-0.15, -0.1) is 0 Å². The molecular weight excluding hydrogens is 230 g/mol. The number of aliphatic hydroxyl groups excluding tert-OH is 1. The van der Waals surface area contributed by atoms with Crippen LogP contribution in [0.25, 0.3) is 0 Å². The van der Waals surface area contributed by atoms with Gasteiger partial charge >= 0.3 is 0 Å². The fourth-order valence-corrected chi connectivity index (χ4v) is 2.37. The third-order valence-corrected chi connectivity index (χ3v) is 3.36. The second-order valence-electron chi connectivity index (χ2n) is 4.76. The van der Waals surface area contributed by atoms with Crippen LogP contribution >= 0.6 is 12.6 Å². The third kappa shape index (κ3) is 12.5. The molecule has 0 saturated heterocycles. The minimum absolute atomic E-state index is 0.269. The van der Waals surface area contributed by atoms with Crippen molar-refractivity contribution in [2.24, 2.45) is 0 Å². The predicted octanol–water partition coefficient (Wildman–Crippen LogP) is 3.35. The molecule has 1 N–H and O–H groups in total. The second kappa shape index (κ2) is 14.3. The van der Waals surface area contributed by atoms with Crippen LogP contribution in [-0.2, 0) is 0 Å². The topological polar surface area (TPSA) is 23.5 Å². The smallest absolute Gasteiger partial charge is 0.0558 e. The Morgan fingerprint density at radius 3 is 1.94 bits per heavy atom. The molecule has 0 aliphatic rings. The van der Waals surface area contributed by atoms with Gasteiger partial charge in [0.25, 0.3) is 0 Å². The molecule has 0 aromatic heterocycles. The van der Waals surface area contributed by atoms with Gasteiger partial charge in [-0.3, -0.25) is 0 Å². The first-order chi connectivity index (χ1) is 8.35. The van der Waals surface area contributed by atoms with E-state index in [1.54, 1.807) is 0 Å². The summed E-state index contributed by atoms with van der Waals surface area (Å²) in [7, 11) is 0. The maximum Gasteiger partial charge on any atom is 0.0558 e. The molecular formula is C14H31NOS. The lowest BCUT2D eigenvalue weighted by Crippen LogP contribution is -2.29. The summed E-state index contributed by atoms with van der Waals surface area (Å²) in [5, 5.41) is 8.92. The molecule has 0 heterocycles. The Kier molecular flexibility index (Phi) is 14.6. The van der Waals surface area contributed by atoms with Crippen molar-refractivity contribution in [2.75, 3.05) is 32.0 Å². The minimum atomic E-state index is 0.269. The number of hydrogen-bond donors (Lipinski definition) is 2. The Morgan fingerprint density at radius 2 is 1.41 bits per heavy atom. The summed E-state index contributed by atoms with van der Waals surface area (Å²) in [6.45, 7) is 5.45. The van der Waals surface area contributed by atoms with E-state index in [4.69, 9.17) is 5.11 Å². The number of unbranched alkanes of at least 4 members (excludes halogenated alkanes) is 7. The highest BCUT2D eigenvalue weighted by Crippen LogP contribution is 2.08. The van der Waals surface area contributed by atoms with Crippen LogP contribution in [0.15, 0.2) is 0 Å². The Morgan fingerprint density at radius 1 is 0.824 bits per heavy atom. The van der Waals surface area contributed by atoms with E-state index >= 15 is 0 Å². The molecule has 17 heavy (non-hydrogen) atoms. The number of aliphatic hydroxyl groups is 1. The molecule has 0 bridgehead atoms. The SMILES string of the molecule is CCCCCCCCCCN(CCO)CCS. The normalized spacial score (nSPS) is 11.3. The van der Waals surface area contributed by atoms with Gasteiger partial charge in [0.2, 0.25) is 0 Å². The van der Waals surface area contributed by atoms with Crippen LogP contribution < -0.4 is 0 Å². The fraction of sp³-hybridized carbons (Fsp3) is 1.00. The van der Waals surface area contributed by atoms with Crippen LogP contribution in [0.5, 0.6) is 0 Å². The molecule has 0 unspecified atom stereocenters. The quantitative estimate of drug-likeness (QED) is 0.392. The van der Waals surface area contributed by atoms with E-state index in [0.717, 1.165) is 25.4 Å². The molecule has 2 nitrogen and oxygen atoms in total. The lowest BCUT2D eigenvalue weighted by atomic mass is 10.1. The van der Waals surface area contributed by atoms with Crippen LogP contribution in [0.2, 0.25) is 0 Å². The van der Waals surface area contributed by atoms with Gasteiger partial charge in [0, 0.05) is 18.8 Å². The van der Waals surface area contributed by atoms with E-state index in [1.165, 1.54) is 51.4 Å². The lowest BCUT2D eigenvalue weighted by molar-refractivity contribution is 0.200. The number of hydrogen-bond acceptors (Lipinski definition) is 3. The lowest BCUT2D eigenvalue weighted by Gasteiger charge is -2.19. The summed E-state index contributed by atoms with van der Waals surface area (Å²) in [5.74, 6) is 0.886. The first kappa shape index (κ1) is 17.3. The molecule has 0 aliphatic carbocycles. The first-order valence-electron chi connectivity index (χ1n) is 7.29. The summed E-state index contributed by atoms with van der Waals surface area (Å²) in [6, 6.07) is 0. The van der Waals surface area contributed by atoms with E-state index in [0.29, 0.717) is 0 Å². The van der Waals surface area contributed by atoms with Gasteiger partial charge in [0.15, 0.2) is 0 Å². The van der Waals surface area contributed by atoms with Crippen molar-refractivity contribution in [1.29, 1.82) is 0 Å². The summed E-state index contributed by atoms with van der Waals surface area (Å²) < 4.78 is 0. The Hall–Kier alpha value is 0.270. The molecule has 0 aliphatic heterocycles. The van der Waals surface area contributed by atoms with Crippen molar-refractivity contribution < 1.29 is 5.11 Å². The first-order valence-corrected chi connectivity index (χ1v) is 7.92. The molecule has 0 radical (unpaired) electrons. The highest BCUT2D eigenvalue weighted by atomic mass is 32.1. The number of thiol groups is 1. The molecule has 3 heteroatoms. The zero-order chi connectivity index (χ0) is 12.8. The highest BCUT2D eigenvalue weighted by Gasteiger charge is 2.02. The van der Waals surface area contributed by atoms with Crippen LogP contribution in [0, 0.1) is 0 Å². The predicted molar refractivity (Wildman–Crippen MR) is 80.0 cm³/mol. The van der Waals surface area contributed by atoms with Gasteiger partial charge in [0.1, 0.15) is 0 Å². The molecule has 0 spiro atoms. The summed E-state index contributed by atoms with van der Waals surface area (Å²) in [4.78, 5) is 2.31. The Balaban J connectivity index is 3.23. The zero-order valence-electron chi connectivity index (χ0n) is 11.5. The molecule has 0 atom stereocenters. The second-order valence-corrected chi connectivity index (χ2v) is 5.21. The summed E-state index contributed by atoms with van der Waals surface area (Å²) in [5.41, 5.74) is 0. The monoisotopic (exact) mass is 261 g/mol. The van der Waals surface area contributed by atoms with Crippen molar-refractivity contribution in [1.82, 2.24) is 4.90 Å². The van der Waals surface area contributed by atoms with Crippen molar-refractivity contribution in [3.8, 4) is 0 Å². The van der Waals surface area contributed by atoms with Gasteiger partial charge in [0.05, 0.1) is 6.61 Å². The molecule has 0 aromatic rings. The molecule has 104 valence electrons. The Bertz CT molecular complexity index is 138. The minimum Gasteiger partial charge on any atom is -0.395 e. The average molecular weight is 261 g/mol. The number of rotatable bonds is 13. The van der Waals surface area contributed by atoms with Crippen LogP contribution in [0.1, 0.15) is 58.3 Å². The number of nitrogens with zero attached hydrogens (tertiary/aromatic N) is 1. The summed E-state index contributed by atoms with van der Waals surface area (Å²) >= 11 is 4.24. The van der Waals surface area contributed by atoms with Crippen LogP contribution in [0.4, 0.5) is 0 Å². The van der Waals surface area contributed by atoms with E-state index in [-0.39, 0.29) is 6.61 Å². The van der Waals surface area contributed by atoms with Crippen molar-refractivity contribution in [3.63, 3.8) is 0 Å².